The molecule has 3 nitrogen and oxygen atoms in total. The van der Waals surface area contributed by atoms with E-state index in [-0.39, 0.29) is 11.7 Å². The van der Waals surface area contributed by atoms with Crippen LogP contribution in [0.2, 0.25) is 0 Å². The molecule has 4 unspecified atom stereocenters. The molecule has 2 aliphatic heterocycles. The Hall–Kier alpha value is 0.295. The second-order valence-electron chi connectivity index (χ2n) is 3.75. The quantitative estimate of drug-likeness (QED) is 0.576. The zero-order chi connectivity index (χ0) is 9.47. The van der Waals surface area contributed by atoms with Crippen molar-refractivity contribution in [3.05, 3.63) is 0 Å². The Bertz CT molecular complexity index is 204. The van der Waals surface area contributed by atoms with Crippen LogP contribution < -0.4 is 0 Å². The van der Waals surface area contributed by atoms with Gasteiger partial charge in [-0.3, -0.25) is 0 Å². The number of methoxy groups -OCH3 is 2. The van der Waals surface area contributed by atoms with E-state index in [1.54, 1.807) is 14.2 Å². The Morgan fingerprint density at radius 2 is 2.38 bits per heavy atom. The lowest BCUT2D eigenvalue weighted by molar-refractivity contribution is -0.0981. The molecule has 0 aliphatic carbocycles. The molecule has 0 aromatic rings. The highest BCUT2D eigenvalue weighted by molar-refractivity contribution is 8.00. The highest BCUT2D eigenvalue weighted by atomic mass is 32.2. The number of fused-ring (bicyclic) bond motifs is 2. The molecule has 0 saturated carbocycles. The second-order valence-corrected chi connectivity index (χ2v) is 4.92. The third-order valence-electron chi connectivity index (χ3n) is 2.86. The van der Waals surface area contributed by atoms with Gasteiger partial charge in [0.15, 0.2) is 0 Å². The fourth-order valence-corrected chi connectivity index (χ4v) is 4.03. The van der Waals surface area contributed by atoms with E-state index in [4.69, 9.17) is 14.2 Å². The molecular weight excluding hydrogens is 187 g/mol. The third-order valence-corrected chi connectivity index (χ3v) is 4.53. The zero-order valence-corrected chi connectivity index (χ0v) is 9.10. The molecule has 2 saturated heterocycles. The maximum atomic E-state index is 5.92. The van der Waals surface area contributed by atoms with Crippen LogP contribution in [0.4, 0.5) is 0 Å². The minimum absolute atomic E-state index is 0.182. The molecule has 0 aromatic heterocycles. The van der Waals surface area contributed by atoms with Crippen LogP contribution in [0.1, 0.15) is 0 Å². The van der Waals surface area contributed by atoms with Gasteiger partial charge in [0.1, 0.15) is 19.6 Å². The Labute approximate surface area is 83.9 Å². The van der Waals surface area contributed by atoms with Gasteiger partial charge in [0.05, 0.1) is 11.9 Å². The van der Waals surface area contributed by atoms with E-state index in [0.717, 1.165) is 5.75 Å². The molecule has 74 valence electrons. The lowest BCUT2D eigenvalue weighted by atomic mass is 9.93. The Balaban J connectivity index is 2.17. The molecule has 2 aliphatic rings. The van der Waals surface area contributed by atoms with Crippen molar-refractivity contribution in [2.75, 3.05) is 26.6 Å². The van der Waals surface area contributed by atoms with Crippen molar-refractivity contribution in [3.63, 3.8) is 0 Å². The van der Waals surface area contributed by atoms with Crippen LogP contribution in [0.15, 0.2) is 0 Å². The molecule has 5 heteroatoms. The molecular formula is C8H15BO3S. The van der Waals surface area contributed by atoms with Gasteiger partial charge in [-0.2, -0.15) is 11.8 Å². The van der Waals surface area contributed by atoms with Crippen LogP contribution >= 0.6 is 11.8 Å². The first-order valence-electron chi connectivity index (χ1n) is 4.54. The van der Waals surface area contributed by atoms with E-state index in [1.165, 1.54) is 0 Å². The number of hydrogen-bond acceptors (Lipinski definition) is 4. The molecule has 0 amide bonds. The minimum atomic E-state index is -0.182. The van der Waals surface area contributed by atoms with Gasteiger partial charge >= 0.3 is 0 Å². The minimum Gasteiger partial charge on any atom is -0.382 e. The molecule has 2 fully saturated rings. The summed E-state index contributed by atoms with van der Waals surface area (Å²) in [5.41, 5.74) is -0.182. The summed E-state index contributed by atoms with van der Waals surface area (Å²) in [7, 11) is 5.58. The standard InChI is InChI=1S/C8H15BO3S/c1-10-3-8-4-13-5(6(8)11-2)7(9)12-8/h5-7H,3-4,9H2,1-2H3. The molecule has 0 aromatic carbocycles. The van der Waals surface area contributed by atoms with Gasteiger partial charge in [-0.15, -0.1) is 0 Å². The van der Waals surface area contributed by atoms with Gasteiger partial charge in [0.2, 0.25) is 0 Å². The van der Waals surface area contributed by atoms with Crippen molar-refractivity contribution in [2.45, 2.75) is 23.0 Å². The van der Waals surface area contributed by atoms with Crippen LogP contribution in [0.25, 0.3) is 0 Å². The Morgan fingerprint density at radius 1 is 1.62 bits per heavy atom. The smallest absolute Gasteiger partial charge is 0.140 e. The van der Waals surface area contributed by atoms with Crippen molar-refractivity contribution >= 4 is 19.6 Å². The van der Waals surface area contributed by atoms with E-state index >= 15 is 0 Å². The monoisotopic (exact) mass is 202 g/mol. The average Bonchev–Trinajstić information content (AvgIpc) is 2.55. The molecule has 2 heterocycles. The molecule has 2 bridgehead atoms. The first-order valence-corrected chi connectivity index (χ1v) is 5.59. The van der Waals surface area contributed by atoms with Crippen LogP contribution in [0.5, 0.6) is 0 Å². The first kappa shape index (κ1) is 9.83. The summed E-state index contributed by atoms with van der Waals surface area (Å²) < 4.78 is 16.6. The molecule has 0 radical (unpaired) electrons. The number of hydrogen-bond donors (Lipinski definition) is 0. The van der Waals surface area contributed by atoms with E-state index in [1.807, 2.05) is 11.8 Å². The number of thioether (sulfide) groups is 1. The normalized spacial score (nSPS) is 48.6. The summed E-state index contributed by atoms with van der Waals surface area (Å²) in [6.45, 7) is 0.638. The lowest BCUT2D eigenvalue weighted by Gasteiger charge is -2.29. The topological polar surface area (TPSA) is 27.7 Å². The molecule has 2 rings (SSSR count). The Kier molecular flexibility index (Phi) is 2.62. The highest BCUT2D eigenvalue weighted by Crippen LogP contribution is 2.48. The van der Waals surface area contributed by atoms with Gasteiger partial charge in [0, 0.05) is 26.0 Å². The predicted octanol–water partition coefficient (Wildman–Crippen LogP) is -0.509. The van der Waals surface area contributed by atoms with E-state index in [9.17, 15) is 0 Å². The van der Waals surface area contributed by atoms with E-state index < -0.39 is 0 Å². The summed E-state index contributed by atoms with van der Waals surface area (Å²) in [6, 6.07) is 0.291. The molecule has 0 N–H and O–H groups in total. The summed E-state index contributed by atoms with van der Waals surface area (Å²) in [6.07, 6.45) is 0.201. The van der Waals surface area contributed by atoms with Crippen LogP contribution in [0.3, 0.4) is 0 Å². The van der Waals surface area contributed by atoms with Crippen molar-refractivity contribution in [1.29, 1.82) is 0 Å². The number of ether oxygens (including phenoxy) is 3. The predicted molar refractivity (Wildman–Crippen MR) is 55.1 cm³/mol. The van der Waals surface area contributed by atoms with Crippen molar-refractivity contribution in [3.8, 4) is 0 Å². The van der Waals surface area contributed by atoms with E-state index in [0.29, 0.717) is 17.9 Å². The van der Waals surface area contributed by atoms with Crippen molar-refractivity contribution in [1.82, 2.24) is 0 Å². The largest absolute Gasteiger partial charge is 0.382 e. The number of rotatable bonds is 3. The van der Waals surface area contributed by atoms with Crippen molar-refractivity contribution in [2.24, 2.45) is 0 Å². The first-order chi connectivity index (χ1) is 6.23. The summed E-state index contributed by atoms with van der Waals surface area (Å²) in [5.74, 6) is 0.994. The summed E-state index contributed by atoms with van der Waals surface area (Å²) >= 11 is 1.94. The van der Waals surface area contributed by atoms with Gasteiger partial charge in [0.25, 0.3) is 0 Å². The lowest BCUT2D eigenvalue weighted by Crippen LogP contribution is -2.45. The highest BCUT2D eigenvalue weighted by Gasteiger charge is 2.59. The molecule has 4 atom stereocenters. The fraction of sp³-hybridized carbons (Fsp3) is 1.00. The maximum absolute atomic E-state index is 5.92. The Morgan fingerprint density at radius 3 is 2.92 bits per heavy atom. The third kappa shape index (κ3) is 1.33. The summed E-state index contributed by atoms with van der Waals surface area (Å²) in [5, 5.41) is 0.486. The van der Waals surface area contributed by atoms with Gasteiger partial charge in [-0.1, -0.05) is 0 Å². The van der Waals surface area contributed by atoms with Crippen molar-refractivity contribution < 1.29 is 14.2 Å². The van der Waals surface area contributed by atoms with Crippen LogP contribution in [0, 0.1) is 0 Å². The second kappa shape index (κ2) is 3.46. The van der Waals surface area contributed by atoms with E-state index in [2.05, 4.69) is 7.85 Å². The van der Waals surface area contributed by atoms with Crippen LogP contribution in [-0.4, -0.2) is 57.4 Å². The van der Waals surface area contributed by atoms with Crippen LogP contribution in [-0.2, 0) is 14.2 Å². The fourth-order valence-electron chi connectivity index (χ4n) is 2.38. The summed E-state index contributed by atoms with van der Waals surface area (Å²) in [4.78, 5) is 0. The zero-order valence-electron chi connectivity index (χ0n) is 8.28. The van der Waals surface area contributed by atoms with Gasteiger partial charge in [-0.05, 0) is 0 Å². The molecule has 0 spiro atoms. The SMILES string of the molecule is BC1OC2(COC)CSC1C2OC. The average molecular weight is 202 g/mol. The molecule has 13 heavy (non-hydrogen) atoms. The maximum Gasteiger partial charge on any atom is 0.140 e. The van der Waals surface area contributed by atoms with Gasteiger partial charge < -0.3 is 14.2 Å². The van der Waals surface area contributed by atoms with Gasteiger partial charge in [-0.25, -0.2) is 0 Å².